The maximum Gasteiger partial charge on any atom is 0.251 e. The van der Waals surface area contributed by atoms with Crippen molar-refractivity contribution in [1.82, 2.24) is 34.4 Å². The summed E-state index contributed by atoms with van der Waals surface area (Å²) in [6.45, 7) is 2.52. The van der Waals surface area contributed by atoms with Crippen molar-refractivity contribution in [3.05, 3.63) is 75.4 Å². The van der Waals surface area contributed by atoms with Crippen molar-refractivity contribution >= 4 is 22.9 Å². The van der Waals surface area contributed by atoms with E-state index in [1.165, 1.54) is 0 Å². The van der Waals surface area contributed by atoms with E-state index in [2.05, 4.69) is 24.8 Å². The first kappa shape index (κ1) is 20.0. The quantitative estimate of drug-likeness (QED) is 0.497. The summed E-state index contributed by atoms with van der Waals surface area (Å²) in [6.07, 6.45) is 8.82. The Bertz CT molecular complexity index is 1220. The zero-order chi connectivity index (χ0) is 21.2. The molecule has 5 heterocycles. The summed E-state index contributed by atoms with van der Waals surface area (Å²) >= 11 is 7.45. The van der Waals surface area contributed by atoms with Gasteiger partial charge in [0.1, 0.15) is 12.2 Å². The first-order valence-electron chi connectivity index (χ1n) is 10.0. The lowest BCUT2D eigenvalue weighted by Gasteiger charge is -2.31. The van der Waals surface area contributed by atoms with Gasteiger partial charge in [0.25, 0.3) is 5.56 Å². The van der Waals surface area contributed by atoms with Crippen molar-refractivity contribution in [1.29, 1.82) is 0 Å². The molecule has 0 amide bonds. The molecule has 0 aromatic carbocycles. The minimum Gasteiger partial charge on any atom is -0.310 e. The second kappa shape index (κ2) is 8.70. The highest BCUT2D eigenvalue weighted by atomic mass is 35.5. The lowest BCUT2D eigenvalue weighted by Crippen LogP contribution is -2.35. The summed E-state index contributed by atoms with van der Waals surface area (Å²) in [5, 5.41) is 2.49. The van der Waals surface area contributed by atoms with Gasteiger partial charge in [0.05, 0.1) is 33.7 Å². The zero-order valence-corrected chi connectivity index (χ0v) is 18.2. The molecule has 1 N–H and O–H groups in total. The summed E-state index contributed by atoms with van der Waals surface area (Å²) < 4.78 is 1.79. The molecule has 158 valence electrons. The van der Waals surface area contributed by atoms with Gasteiger partial charge in [-0.1, -0.05) is 17.7 Å². The third-order valence-electron chi connectivity index (χ3n) is 5.29. The number of halogens is 1. The van der Waals surface area contributed by atoms with E-state index in [1.54, 1.807) is 40.7 Å². The number of piperidine rings is 1. The second-order valence-corrected chi connectivity index (χ2v) is 8.93. The minimum atomic E-state index is -0.104. The van der Waals surface area contributed by atoms with Gasteiger partial charge in [-0.05, 0) is 30.8 Å². The van der Waals surface area contributed by atoms with E-state index >= 15 is 0 Å². The SMILES string of the molecule is O=c1cc(-c2cccs2)nc(C2CCCN(Cc3cn(-c4ncc(Cl)cn4)cn3)C2)[nH]1. The highest BCUT2D eigenvalue weighted by molar-refractivity contribution is 7.13. The fourth-order valence-corrected chi connectivity index (χ4v) is 4.65. The Hall–Kier alpha value is -2.88. The van der Waals surface area contributed by atoms with Crippen LogP contribution in [0.5, 0.6) is 0 Å². The summed E-state index contributed by atoms with van der Waals surface area (Å²) in [5.41, 5.74) is 1.58. The molecule has 31 heavy (non-hydrogen) atoms. The monoisotopic (exact) mass is 453 g/mol. The first-order chi connectivity index (χ1) is 15.1. The largest absolute Gasteiger partial charge is 0.310 e. The first-order valence-corrected chi connectivity index (χ1v) is 11.3. The van der Waals surface area contributed by atoms with Gasteiger partial charge in [-0.2, -0.15) is 0 Å². The average molecular weight is 454 g/mol. The molecule has 8 nitrogen and oxygen atoms in total. The van der Waals surface area contributed by atoms with Crippen molar-refractivity contribution in [3.8, 4) is 16.5 Å². The fourth-order valence-electron chi connectivity index (χ4n) is 3.87. The lowest BCUT2D eigenvalue weighted by atomic mass is 9.97. The molecule has 5 rings (SSSR count). The second-order valence-electron chi connectivity index (χ2n) is 7.54. The highest BCUT2D eigenvalue weighted by Gasteiger charge is 2.24. The molecular weight excluding hydrogens is 434 g/mol. The molecule has 1 atom stereocenters. The molecule has 0 saturated carbocycles. The predicted octanol–water partition coefficient (Wildman–Crippen LogP) is 3.51. The van der Waals surface area contributed by atoms with Crippen LogP contribution in [0.25, 0.3) is 16.5 Å². The van der Waals surface area contributed by atoms with E-state index in [9.17, 15) is 4.79 Å². The van der Waals surface area contributed by atoms with Crippen molar-refractivity contribution in [3.63, 3.8) is 0 Å². The smallest absolute Gasteiger partial charge is 0.251 e. The molecule has 4 aromatic rings. The van der Waals surface area contributed by atoms with Crippen molar-refractivity contribution in [2.45, 2.75) is 25.3 Å². The van der Waals surface area contributed by atoms with Crippen LogP contribution in [0.15, 0.2) is 53.3 Å². The van der Waals surface area contributed by atoms with Crippen LogP contribution >= 0.6 is 22.9 Å². The number of hydrogen-bond acceptors (Lipinski definition) is 7. The molecule has 0 aliphatic carbocycles. The van der Waals surface area contributed by atoms with E-state index in [4.69, 9.17) is 16.6 Å². The lowest BCUT2D eigenvalue weighted by molar-refractivity contribution is 0.194. The number of likely N-dealkylation sites (tertiary alicyclic amines) is 1. The molecule has 1 aliphatic rings. The molecule has 1 saturated heterocycles. The third kappa shape index (κ3) is 4.58. The normalized spacial score (nSPS) is 17.1. The zero-order valence-electron chi connectivity index (χ0n) is 16.6. The topological polar surface area (TPSA) is 92.6 Å². The molecule has 0 spiro atoms. The third-order valence-corrected chi connectivity index (χ3v) is 6.37. The van der Waals surface area contributed by atoms with Gasteiger partial charge < -0.3 is 4.98 Å². The fraction of sp³-hybridized carbons (Fsp3) is 0.286. The standard InChI is InChI=1S/C21H20ClN7OS/c22-15-8-23-21(24-9-15)29-12-16(25-13-29)11-28-5-1-3-14(10-28)20-26-17(7-19(30)27-20)18-4-2-6-31-18/h2,4,6-9,12-14H,1,3,5,10-11H2,(H,26,27,30). The predicted molar refractivity (Wildman–Crippen MR) is 120 cm³/mol. The maximum absolute atomic E-state index is 12.2. The van der Waals surface area contributed by atoms with Crippen molar-refractivity contribution in [2.24, 2.45) is 0 Å². The number of aromatic amines is 1. The van der Waals surface area contributed by atoms with Crippen LogP contribution < -0.4 is 5.56 Å². The number of aromatic nitrogens is 6. The summed E-state index contributed by atoms with van der Waals surface area (Å²) in [5.74, 6) is 1.48. The van der Waals surface area contributed by atoms with Crippen LogP contribution in [0.2, 0.25) is 5.02 Å². The molecular formula is C21H20ClN7OS. The van der Waals surface area contributed by atoms with E-state index in [-0.39, 0.29) is 11.5 Å². The molecule has 0 bridgehead atoms. The Labute approximate surface area is 187 Å². The van der Waals surface area contributed by atoms with Crippen LogP contribution in [0, 0.1) is 0 Å². The van der Waals surface area contributed by atoms with E-state index in [1.807, 2.05) is 23.7 Å². The molecule has 0 radical (unpaired) electrons. The number of thiophene rings is 1. The van der Waals surface area contributed by atoms with Crippen molar-refractivity contribution < 1.29 is 0 Å². The Balaban J connectivity index is 1.30. The van der Waals surface area contributed by atoms with Gasteiger partial charge in [-0.3, -0.25) is 14.3 Å². The highest BCUT2D eigenvalue weighted by Crippen LogP contribution is 2.27. The average Bonchev–Trinajstić information content (AvgIpc) is 3.47. The number of nitrogens with zero attached hydrogens (tertiary/aromatic N) is 6. The van der Waals surface area contributed by atoms with Gasteiger partial charge in [0, 0.05) is 31.3 Å². The van der Waals surface area contributed by atoms with Crippen LogP contribution in [0.3, 0.4) is 0 Å². The van der Waals surface area contributed by atoms with Gasteiger partial charge in [0.2, 0.25) is 5.95 Å². The maximum atomic E-state index is 12.2. The van der Waals surface area contributed by atoms with Crippen LogP contribution in [-0.2, 0) is 6.54 Å². The Kier molecular flexibility index (Phi) is 5.63. The summed E-state index contributed by atoms with van der Waals surface area (Å²) in [6, 6.07) is 5.53. The number of imidazole rings is 1. The van der Waals surface area contributed by atoms with Crippen LogP contribution in [-0.4, -0.2) is 47.5 Å². The van der Waals surface area contributed by atoms with Crippen LogP contribution in [0.4, 0.5) is 0 Å². The van der Waals surface area contributed by atoms with E-state index in [0.717, 1.165) is 48.0 Å². The van der Waals surface area contributed by atoms with Gasteiger partial charge in [-0.15, -0.1) is 11.3 Å². The molecule has 1 fully saturated rings. The number of hydrogen-bond donors (Lipinski definition) is 1. The Morgan fingerprint density at radius 2 is 2.13 bits per heavy atom. The summed E-state index contributed by atoms with van der Waals surface area (Å²) in [4.78, 5) is 36.3. The number of H-pyrrole nitrogens is 1. The Morgan fingerprint density at radius 1 is 1.26 bits per heavy atom. The molecule has 1 aliphatic heterocycles. The van der Waals surface area contributed by atoms with Crippen LogP contribution in [0.1, 0.15) is 30.3 Å². The number of nitrogens with one attached hydrogen (secondary N) is 1. The van der Waals surface area contributed by atoms with Crippen molar-refractivity contribution in [2.75, 3.05) is 13.1 Å². The Morgan fingerprint density at radius 3 is 2.94 bits per heavy atom. The minimum absolute atomic E-state index is 0.104. The summed E-state index contributed by atoms with van der Waals surface area (Å²) in [7, 11) is 0. The molecule has 4 aromatic heterocycles. The van der Waals surface area contributed by atoms with Gasteiger partial charge in [-0.25, -0.2) is 19.9 Å². The molecule has 10 heteroatoms. The number of rotatable bonds is 5. The van der Waals surface area contributed by atoms with Gasteiger partial charge in [0.15, 0.2) is 0 Å². The van der Waals surface area contributed by atoms with E-state index in [0.29, 0.717) is 17.5 Å². The van der Waals surface area contributed by atoms with E-state index < -0.39 is 0 Å². The molecule has 1 unspecified atom stereocenters. The van der Waals surface area contributed by atoms with Gasteiger partial charge >= 0.3 is 0 Å².